The van der Waals surface area contributed by atoms with Crippen LogP contribution in [0.2, 0.25) is 0 Å². The molecule has 1 aromatic carbocycles. The Balaban J connectivity index is 1.88. The number of aromatic amines is 1. The van der Waals surface area contributed by atoms with Crippen molar-refractivity contribution in [3.8, 4) is 5.75 Å². The molecular formula is C15H19N3O2S2. The lowest BCUT2D eigenvalue weighted by Crippen LogP contribution is -2.26. The number of nitrogens with one attached hydrogen (secondary N) is 1. The van der Waals surface area contributed by atoms with E-state index in [9.17, 15) is 4.55 Å². The van der Waals surface area contributed by atoms with Crippen molar-refractivity contribution >= 4 is 24.3 Å². The Morgan fingerprint density at radius 2 is 2.36 bits per heavy atom. The Labute approximate surface area is 138 Å². The molecule has 0 aliphatic carbocycles. The van der Waals surface area contributed by atoms with Crippen molar-refractivity contribution in [1.29, 1.82) is 0 Å². The third-order valence-electron chi connectivity index (χ3n) is 3.92. The number of fused-ring (bicyclic) bond motifs is 1. The first-order valence-electron chi connectivity index (χ1n) is 7.29. The number of rotatable bonds is 5. The van der Waals surface area contributed by atoms with E-state index in [1.54, 1.807) is 0 Å². The van der Waals surface area contributed by atoms with E-state index in [-0.39, 0.29) is 6.04 Å². The highest BCUT2D eigenvalue weighted by atomic mass is 32.2. The molecule has 4 N–H and O–H groups in total. The smallest absolute Gasteiger partial charge is 0.177 e. The summed E-state index contributed by atoms with van der Waals surface area (Å²) in [5.74, 6) is 0.889. The van der Waals surface area contributed by atoms with Gasteiger partial charge in [-0.15, -0.1) is 0 Å². The van der Waals surface area contributed by atoms with Crippen LogP contribution in [0.3, 0.4) is 0 Å². The van der Waals surface area contributed by atoms with Gasteiger partial charge in [0, 0.05) is 35.2 Å². The number of hydrogen-bond acceptors (Lipinski definition) is 5. The fourth-order valence-electron chi connectivity index (χ4n) is 2.87. The SMILES string of the molecule is NCCCc1c[nH]c(=S)n1C1COc2ccc(SO)cc2C1. The number of H-pyrrole nitrogens is 1. The topological polar surface area (TPSA) is 76.2 Å². The number of aromatic nitrogens is 2. The Bertz CT molecular complexity index is 711. The average Bonchev–Trinajstić information content (AvgIpc) is 2.92. The van der Waals surface area contributed by atoms with Gasteiger partial charge in [-0.3, -0.25) is 0 Å². The molecule has 22 heavy (non-hydrogen) atoms. The van der Waals surface area contributed by atoms with Crippen LogP contribution >= 0.6 is 24.3 Å². The zero-order valence-corrected chi connectivity index (χ0v) is 13.8. The second-order valence-corrected chi connectivity index (χ2v) is 6.42. The maximum Gasteiger partial charge on any atom is 0.177 e. The molecule has 3 rings (SSSR count). The molecule has 2 heterocycles. The van der Waals surface area contributed by atoms with Crippen LogP contribution in [0, 0.1) is 4.77 Å². The molecule has 118 valence electrons. The Morgan fingerprint density at radius 1 is 1.50 bits per heavy atom. The Morgan fingerprint density at radius 3 is 3.14 bits per heavy atom. The highest BCUT2D eigenvalue weighted by Crippen LogP contribution is 2.33. The van der Waals surface area contributed by atoms with Crippen molar-refractivity contribution in [1.82, 2.24) is 9.55 Å². The summed E-state index contributed by atoms with van der Waals surface area (Å²) in [6, 6.07) is 5.91. The second kappa shape index (κ2) is 6.87. The van der Waals surface area contributed by atoms with Crippen LogP contribution in [0.4, 0.5) is 0 Å². The van der Waals surface area contributed by atoms with Gasteiger partial charge in [-0.1, -0.05) is 0 Å². The molecule has 2 aromatic rings. The molecule has 0 fully saturated rings. The summed E-state index contributed by atoms with van der Waals surface area (Å²) >= 11 is 6.18. The van der Waals surface area contributed by atoms with E-state index in [0.717, 1.165) is 52.3 Å². The molecule has 1 aliphatic heterocycles. The number of hydrogen-bond donors (Lipinski definition) is 3. The van der Waals surface area contributed by atoms with Crippen molar-refractivity contribution in [3.05, 3.63) is 40.4 Å². The van der Waals surface area contributed by atoms with Gasteiger partial charge in [-0.05, 0) is 55.4 Å². The van der Waals surface area contributed by atoms with Gasteiger partial charge in [0.25, 0.3) is 0 Å². The lowest BCUT2D eigenvalue weighted by atomic mass is 10.0. The lowest BCUT2D eigenvalue weighted by molar-refractivity contribution is 0.220. The standard InChI is InChI=1S/C15H19N3O2S2/c16-5-1-2-11-8-17-15(21)18(11)12-6-10-7-13(22-19)3-4-14(10)20-9-12/h3-4,7-8,12,19H,1-2,5-6,9,16H2,(H,17,21). The fraction of sp³-hybridized carbons (Fsp3) is 0.400. The predicted molar refractivity (Wildman–Crippen MR) is 90.2 cm³/mol. The van der Waals surface area contributed by atoms with Crippen LogP contribution < -0.4 is 10.5 Å². The minimum atomic E-state index is 0.165. The van der Waals surface area contributed by atoms with Gasteiger partial charge in [0.05, 0.1) is 6.04 Å². The summed E-state index contributed by atoms with van der Waals surface area (Å²) in [7, 11) is 0. The highest BCUT2D eigenvalue weighted by molar-refractivity contribution is 7.93. The molecule has 1 unspecified atom stereocenters. The van der Waals surface area contributed by atoms with Crippen LogP contribution in [0.5, 0.6) is 5.75 Å². The largest absolute Gasteiger partial charge is 0.491 e. The molecule has 7 heteroatoms. The maximum absolute atomic E-state index is 9.21. The van der Waals surface area contributed by atoms with Gasteiger partial charge in [0.2, 0.25) is 0 Å². The van der Waals surface area contributed by atoms with Gasteiger partial charge in [0.15, 0.2) is 4.77 Å². The average molecular weight is 337 g/mol. The van der Waals surface area contributed by atoms with E-state index in [0.29, 0.717) is 13.2 Å². The number of nitrogens with zero attached hydrogens (tertiary/aromatic N) is 1. The monoisotopic (exact) mass is 337 g/mol. The lowest BCUT2D eigenvalue weighted by Gasteiger charge is -2.28. The molecule has 0 saturated heterocycles. The summed E-state index contributed by atoms with van der Waals surface area (Å²) in [4.78, 5) is 3.95. The first kappa shape index (κ1) is 15.6. The van der Waals surface area contributed by atoms with Gasteiger partial charge < -0.3 is 24.6 Å². The molecule has 5 nitrogen and oxygen atoms in total. The summed E-state index contributed by atoms with van der Waals surface area (Å²) in [6.45, 7) is 1.26. The minimum absolute atomic E-state index is 0.165. The van der Waals surface area contributed by atoms with Crippen LogP contribution in [0.1, 0.15) is 23.7 Å². The van der Waals surface area contributed by atoms with E-state index in [4.69, 9.17) is 22.7 Å². The molecule has 1 atom stereocenters. The van der Waals surface area contributed by atoms with Gasteiger partial charge >= 0.3 is 0 Å². The van der Waals surface area contributed by atoms with Crippen molar-refractivity contribution < 1.29 is 9.29 Å². The van der Waals surface area contributed by atoms with Gasteiger partial charge in [-0.25, -0.2) is 0 Å². The predicted octanol–water partition coefficient (Wildman–Crippen LogP) is 3.18. The van der Waals surface area contributed by atoms with Crippen LogP contribution in [0.15, 0.2) is 29.3 Å². The molecule has 0 bridgehead atoms. The summed E-state index contributed by atoms with van der Waals surface area (Å²) < 4.78 is 18.0. The third kappa shape index (κ3) is 3.08. The van der Waals surface area contributed by atoms with Crippen molar-refractivity contribution in [2.75, 3.05) is 13.2 Å². The van der Waals surface area contributed by atoms with E-state index in [2.05, 4.69) is 9.55 Å². The number of benzene rings is 1. The number of aryl methyl sites for hydroxylation is 1. The summed E-state index contributed by atoms with van der Waals surface area (Å²) in [6.07, 6.45) is 4.64. The van der Waals surface area contributed by atoms with Crippen molar-refractivity contribution in [3.63, 3.8) is 0 Å². The quantitative estimate of drug-likeness (QED) is 0.577. The Hall–Kier alpha value is -1.28. The molecule has 0 amide bonds. The molecule has 0 radical (unpaired) electrons. The van der Waals surface area contributed by atoms with E-state index in [1.165, 1.54) is 5.69 Å². The molecule has 1 aromatic heterocycles. The van der Waals surface area contributed by atoms with E-state index < -0.39 is 0 Å². The van der Waals surface area contributed by atoms with Crippen LogP contribution in [-0.4, -0.2) is 27.3 Å². The highest BCUT2D eigenvalue weighted by Gasteiger charge is 2.24. The minimum Gasteiger partial charge on any atom is -0.491 e. The van der Waals surface area contributed by atoms with Gasteiger partial charge in [0.1, 0.15) is 12.4 Å². The number of nitrogens with two attached hydrogens (primary N) is 1. The number of ether oxygens (including phenoxy) is 1. The number of imidazole rings is 1. The normalized spacial score (nSPS) is 17.1. The summed E-state index contributed by atoms with van der Waals surface area (Å²) in [5, 5.41) is 0. The fourth-order valence-corrected chi connectivity index (χ4v) is 3.52. The van der Waals surface area contributed by atoms with Crippen LogP contribution in [-0.2, 0) is 12.8 Å². The second-order valence-electron chi connectivity index (χ2n) is 5.38. The molecule has 0 saturated carbocycles. The zero-order chi connectivity index (χ0) is 15.5. The van der Waals surface area contributed by atoms with Crippen molar-refractivity contribution in [2.24, 2.45) is 5.73 Å². The first-order valence-corrected chi connectivity index (χ1v) is 8.47. The van der Waals surface area contributed by atoms with E-state index in [1.807, 2.05) is 24.4 Å². The van der Waals surface area contributed by atoms with Crippen LogP contribution in [0.25, 0.3) is 0 Å². The summed E-state index contributed by atoms with van der Waals surface area (Å²) in [5.41, 5.74) is 7.88. The maximum atomic E-state index is 9.21. The molecule has 0 spiro atoms. The molecular weight excluding hydrogens is 318 g/mol. The van der Waals surface area contributed by atoms with E-state index >= 15 is 0 Å². The zero-order valence-electron chi connectivity index (χ0n) is 12.1. The Kier molecular flexibility index (Phi) is 4.87. The van der Waals surface area contributed by atoms with Crippen molar-refractivity contribution in [2.45, 2.75) is 30.2 Å². The first-order chi connectivity index (χ1) is 10.7. The third-order valence-corrected chi connectivity index (χ3v) is 4.70. The van der Waals surface area contributed by atoms with Gasteiger partial charge in [-0.2, -0.15) is 0 Å². The molecule has 1 aliphatic rings.